The molecule has 0 bridgehead atoms. The molecule has 2 aromatic rings. The summed E-state index contributed by atoms with van der Waals surface area (Å²) >= 11 is 0. The van der Waals surface area contributed by atoms with Gasteiger partial charge in [0.15, 0.2) is 0 Å². The van der Waals surface area contributed by atoms with Crippen LogP contribution in [0.15, 0.2) is 48.5 Å². The molecule has 2 aromatic carbocycles. The molecule has 1 nitrogen and oxygen atoms in total. The highest BCUT2D eigenvalue weighted by Gasteiger charge is 2.23. The van der Waals surface area contributed by atoms with Crippen LogP contribution in [0.4, 0.5) is 0 Å². The molecule has 0 radical (unpaired) electrons. The van der Waals surface area contributed by atoms with Gasteiger partial charge in [-0.25, -0.2) is 0 Å². The van der Waals surface area contributed by atoms with E-state index in [-0.39, 0.29) is 0 Å². The summed E-state index contributed by atoms with van der Waals surface area (Å²) in [6, 6.07) is 18.6. The number of rotatable bonds is 3. The van der Waals surface area contributed by atoms with Gasteiger partial charge in [0.05, 0.1) is 0 Å². The van der Waals surface area contributed by atoms with Crippen LogP contribution in [0.25, 0.3) is 0 Å². The summed E-state index contributed by atoms with van der Waals surface area (Å²) in [5, 5.41) is 3.77. The van der Waals surface area contributed by atoms with Crippen LogP contribution in [0.5, 0.6) is 0 Å². The van der Waals surface area contributed by atoms with E-state index in [1.807, 2.05) is 0 Å². The van der Waals surface area contributed by atoms with Gasteiger partial charge in [-0.3, -0.25) is 0 Å². The van der Waals surface area contributed by atoms with Gasteiger partial charge in [-0.1, -0.05) is 54.1 Å². The lowest BCUT2D eigenvalue weighted by atomic mass is 10.0. The maximum Gasteiger partial charge on any atom is 0.0331 e. The minimum Gasteiger partial charge on any atom is -0.303 e. The second-order valence-corrected chi connectivity index (χ2v) is 5.59. The molecule has 98 valence electrons. The van der Waals surface area contributed by atoms with Gasteiger partial charge < -0.3 is 5.32 Å². The lowest BCUT2D eigenvalue weighted by molar-refractivity contribution is 0.465. The third-order valence-corrected chi connectivity index (χ3v) is 4.16. The Morgan fingerprint density at radius 2 is 1.79 bits per heavy atom. The van der Waals surface area contributed by atoms with Gasteiger partial charge in [-0.05, 0) is 43.4 Å². The van der Waals surface area contributed by atoms with E-state index in [2.05, 4.69) is 67.7 Å². The minimum atomic E-state index is 0.400. The highest BCUT2D eigenvalue weighted by molar-refractivity contribution is 5.35. The summed E-state index contributed by atoms with van der Waals surface area (Å²) in [6.45, 7) is 4.39. The van der Waals surface area contributed by atoms with Crippen LogP contribution in [0.3, 0.4) is 0 Å². The average Bonchev–Trinajstić information content (AvgIpc) is 2.83. The van der Waals surface area contributed by atoms with E-state index in [1.54, 1.807) is 0 Å². The lowest BCUT2D eigenvalue weighted by Crippen LogP contribution is -2.22. The van der Waals surface area contributed by atoms with Crippen LogP contribution >= 0.6 is 0 Å². The Kier molecular flexibility index (Phi) is 3.39. The summed E-state index contributed by atoms with van der Waals surface area (Å²) in [5.41, 5.74) is 5.69. The summed E-state index contributed by atoms with van der Waals surface area (Å²) in [5.74, 6) is 0. The lowest BCUT2D eigenvalue weighted by Gasteiger charge is -2.21. The van der Waals surface area contributed by atoms with E-state index in [9.17, 15) is 0 Å². The number of benzene rings is 2. The van der Waals surface area contributed by atoms with Gasteiger partial charge >= 0.3 is 0 Å². The van der Waals surface area contributed by atoms with Gasteiger partial charge in [0.25, 0.3) is 0 Å². The summed E-state index contributed by atoms with van der Waals surface area (Å²) in [7, 11) is 0. The van der Waals surface area contributed by atoms with Gasteiger partial charge in [0, 0.05) is 12.1 Å². The normalized spacial score (nSPS) is 19.2. The summed E-state index contributed by atoms with van der Waals surface area (Å²) in [4.78, 5) is 0. The Bertz CT molecular complexity index is 556. The smallest absolute Gasteiger partial charge is 0.0331 e. The maximum atomic E-state index is 3.77. The van der Waals surface area contributed by atoms with Gasteiger partial charge in [-0.15, -0.1) is 0 Å². The molecule has 1 aliphatic rings. The Hall–Kier alpha value is -1.60. The molecule has 0 heterocycles. The molecule has 0 aliphatic heterocycles. The summed E-state index contributed by atoms with van der Waals surface area (Å²) < 4.78 is 0. The molecule has 1 N–H and O–H groups in total. The summed E-state index contributed by atoms with van der Waals surface area (Å²) in [6.07, 6.45) is 2.42. The standard InChI is InChI=1S/C18H21N/c1-13-7-9-15(10-8-13)14(2)19-18-12-11-16-5-3-4-6-17(16)18/h3-10,14,18-19H,11-12H2,1-2H3. The Labute approximate surface area is 115 Å². The fraction of sp³-hybridized carbons (Fsp3) is 0.333. The van der Waals surface area contributed by atoms with Crippen molar-refractivity contribution >= 4 is 0 Å². The van der Waals surface area contributed by atoms with E-state index in [1.165, 1.54) is 35.1 Å². The predicted molar refractivity (Wildman–Crippen MR) is 80.2 cm³/mol. The zero-order chi connectivity index (χ0) is 13.2. The SMILES string of the molecule is Cc1ccc(C(C)NC2CCc3ccccc32)cc1. The van der Waals surface area contributed by atoms with Crippen molar-refractivity contribution in [2.24, 2.45) is 0 Å². The van der Waals surface area contributed by atoms with Crippen LogP contribution in [0, 0.1) is 6.92 Å². The van der Waals surface area contributed by atoms with Crippen molar-refractivity contribution in [2.45, 2.75) is 38.8 Å². The van der Waals surface area contributed by atoms with Crippen molar-refractivity contribution in [1.82, 2.24) is 5.32 Å². The second-order valence-electron chi connectivity index (χ2n) is 5.59. The average molecular weight is 251 g/mol. The molecule has 0 fully saturated rings. The Morgan fingerprint density at radius 3 is 2.58 bits per heavy atom. The quantitative estimate of drug-likeness (QED) is 0.856. The topological polar surface area (TPSA) is 12.0 Å². The molecule has 2 atom stereocenters. The third-order valence-electron chi connectivity index (χ3n) is 4.16. The third kappa shape index (κ3) is 2.57. The second kappa shape index (κ2) is 5.18. The van der Waals surface area contributed by atoms with Crippen LogP contribution in [0.1, 0.15) is 47.7 Å². The minimum absolute atomic E-state index is 0.400. The number of nitrogens with one attached hydrogen (secondary N) is 1. The largest absolute Gasteiger partial charge is 0.303 e. The first-order valence-electron chi connectivity index (χ1n) is 7.14. The first-order chi connectivity index (χ1) is 9.24. The molecule has 0 aromatic heterocycles. The van der Waals surface area contributed by atoms with Crippen LogP contribution in [-0.2, 0) is 6.42 Å². The molecular formula is C18H21N. The van der Waals surface area contributed by atoms with Crippen molar-refractivity contribution in [3.8, 4) is 0 Å². The molecule has 0 saturated heterocycles. The predicted octanol–water partition coefficient (Wildman–Crippen LogP) is 4.33. The number of hydrogen-bond donors (Lipinski definition) is 1. The van der Waals surface area contributed by atoms with Crippen molar-refractivity contribution in [2.75, 3.05) is 0 Å². The van der Waals surface area contributed by atoms with Gasteiger partial charge in [-0.2, -0.15) is 0 Å². The van der Waals surface area contributed by atoms with Crippen molar-refractivity contribution < 1.29 is 0 Å². The molecule has 0 spiro atoms. The molecule has 1 aliphatic carbocycles. The monoisotopic (exact) mass is 251 g/mol. The number of aryl methyl sites for hydroxylation is 2. The highest BCUT2D eigenvalue weighted by atomic mass is 14.9. The Balaban J connectivity index is 1.74. The van der Waals surface area contributed by atoms with Crippen LogP contribution in [0.2, 0.25) is 0 Å². The zero-order valence-corrected chi connectivity index (χ0v) is 11.7. The van der Waals surface area contributed by atoms with E-state index in [0.29, 0.717) is 12.1 Å². The van der Waals surface area contributed by atoms with Crippen molar-refractivity contribution in [3.63, 3.8) is 0 Å². The molecule has 2 unspecified atom stereocenters. The van der Waals surface area contributed by atoms with Crippen LogP contribution < -0.4 is 5.32 Å². The number of fused-ring (bicyclic) bond motifs is 1. The zero-order valence-electron chi connectivity index (χ0n) is 11.7. The molecule has 0 saturated carbocycles. The van der Waals surface area contributed by atoms with Crippen LogP contribution in [-0.4, -0.2) is 0 Å². The Morgan fingerprint density at radius 1 is 1.05 bits per heavy atom. The first-order valence-corrected chi connectivity index (χ1v) is 7.14. The van der Waals surface area contributed by atoms with Crippen molar-refractivity contribution in [3.05, 3.63) is 70.8 Å². The van der Waals surface area contributed by atoms with E-state index < -0.39 is 0 Å². The van der Waals surface area contributed by atoms with Crippen molar-refractivity contribution in [1.29, 1.82) is 0 Å². The molecular weight excluding hydrogens is 230 g/mol. The molecule has 3 rings (SSSR count). The maximum absolute atomic E-state index is 3.77. The van der Waals surface area contributed by atoms with E-state index in [0.717, 1.165) is 0 Å². The molecule has 0 amide bonds. The highest BCUT2D eigenvalue weighted by Crippen LogP contribution is 2.32. The van der Waals surface area contributed by atoms with Gasteiger partial charge in [0.2, 0.25) is 0 Å². The first kappa shape index (κ1) is 12.4. The van der Waals surface area contributed by atoms with E-state index in [4.69, 9.17) is 0 Å². The molecule has 1 heteroatoms. The fourth-order valence-electron chi connectivity index (χ4n) is 2.98. The van der Waals surface area contributed by atoms with E-state index >= 15 is 0 Å². The van der Waals surface area contributed by atoms with Gasteiger partial charge in [0.1, 0.15) is 0 Å². The number of hydrogen-bond acceptors (Lipinski definition) is 1. The molecule has 19 heavy (non-hydrogen) atoms. The fourth-order valence-corrected chi connectivity index (χ4v) is 2.98.